The first-order valence-corrected chi connectivity index (χ1v) is 5.58. The van der Waals surface area contributed by atoms with Gasteiger partial charge in [-0.25, -0.2) is 0 Å². The van der Waals surface area contributed by atoms with Crippen molar-refractivity contribution in [1.82, 2.24) is 0 Å². The molecule has 0 aliphatic heterocycles. The molecular formula is C13H8F6O2. The van der Waals surface area contributed by atoms with Gasteiger partial charge in [-0.2, -0.15) is 26.3 Å². The van der Waals surface area contributed by atoms with E-state index < -0.39 is 29.1 Å². The van der Waals surface area contributed by atoms with Gasteiger partial charge in [0.15, 0.2) is 0 Å². The van der Waals surface area contributed by atoms with Gasteiger partial charge in [-0.3, -0.25) is 0 Å². The molecule has 1 N–H and O–H groups in total. The smallest absolute Gasteiger partial charge is 0.430 e. The lowest BCUT2D eigenvalue weighted by Crippen LogP contribution is -2.54. The summed E-state index contributed by atoms with van der Waals surface area (Å²) in [6.07, 6.45) is -10.8. The number of alkyl halides is 6. The van der Waals surface area contributed by atoms with Gasteiger partial charge in [0, 0.05) is 11.1 Å². The lowest BCUT2D eigenvalue weighted by atomic mass is 9.87. The van der Waals surface area contributed by atoms with E-state index in [4.69, 9.17) is 4.42 Å². The van der Waals surface area contributed by atoms with Crippen LogP contribution in [0.2, 0.25) is 0 Å². The Bertz CT molecular complexity index is 598. The minimum atomic E-state index is -5.94. The van der Waals surface area contributed by atoms with Gasteiger partial charge in [-0.15, -0.1) is 0 Å². The van der Waals surface area contributed by atoms with E-state index in [9.17, 15) is 31.4 Å². The number of benzene rings is 1. The standard InChI is InChI=1S/C13H8F6O2/c14-12(15,16)11(20,13(17,18)19)9-5-2-1-4-8(9)10-6-3-7-21-10/h1-7,20H. The van der Waals surface area contributed by atoms with Crippen molar-refractivity contribution in [2.75, 3.05) is 0 Å². The Kier molecular flexibility index (Phi) is 3.53. The molecule has 0 fully saturated rings. The zero-order chi connectivity index (χ0) is 15.9. The van der Waals surface area contributed by atoms with Gasteiger partial charge in [0.2, 0.25) is 0 Å². The molecule has 0 bridgehead atoms. The summed E-state index contributed by atoms with van der Waals surface area (Å²) < 4.78 is 82.3. The molecule has 0 aliphatic rings. The molecule has 21 heavy (non-hydrogen) atoms. The first-order chi connectivity index (χ1) is 9.59. The van der Waals surface area contributed by atoms with Crippen molar-refractivity contribution >= 4 is 0 Å². The summed E-state index contributed by atoms with van der Waals surface area (Å²) in [5, 5.41) is 9.44. The fourth-order valence-electron chi connectivity index (χ4n) is 1.91. The molecule has 1 heterocycles. The first-order valence-electron chi connectivity index (χ1n) is 5.58. The van der Waals surface area contributed by atoms with Crippen molar-refractivity contribution in [2.45, 2.75) is 18.0 Å². The predicted molar refractivity (Wildman–Crippen MR) is 60.2 cm³/mol. The summed E-state index contributed by atoms with van der Waals surface area (Å²) in [6.45, 7) is 0. The van der Waals surface area contributed by atoms with Crippen molar-refractivity contribution in [3.8, 4) is 11.3 Å². The minimum Gasteiger partial charge on any atom is -0.464 e. The first kappa shape index (κ1) is 15.4. The predicted octanol–water partition coefficient (Wildman–Crippen LogP) is 4.26. The van der Waals surface area contributed by atoms with Crippen LogP contribution in [-0.2, 0) is 5.60 Å². The van der Waals surface area contributed by atoms with Gasteiger partial charge in [-0.1, -0.05) is 24.3 Å². The molecule has 2 aromatic rings. The van der Waals surface area contributed by atoms with E-state index in [1.807, 2.05) is 0 Å². The second kappa shape index (κ2) is 4.80. The monoisotopic (exact) mass is 310 g/mol. The van der Waals surface area contributed by atoms with Crippen molar-refractivity contribution < 1.29 is 35.9 Å². The van der Waals surface area contributed by atoms with Crippen LogP contribution in [0.5, 0.6) is 0 Å². The van der Waals surface area contributed by atoms with Crippen LogP contribution in [-0.4, -0.2) is 17.5 Å². The highest BCUT2D eigenvalue weighted by molar-refractivity contribution is 5.64. The Morgan fingerprint density at radius 1 is 0.810 bits per heavy atom. The molecule has 8 heteroatoms. The molecule has 0 spiro atoms. The Balaban J connectivity index is 2.75. The minimum absolute atomic E-state index is 0.211. The van der Waals surface area contributed by atoms with E-state index in [0.29, 0.717) is 6.07 Å². The van der Waals surface area contributed by atoms with E-state index in [1.165, 1.54) is 18.2 Å². The third-order valence-corrected chi connectivity index (χ3v) is 2.92. The SMILES string of the molecule is OC(c1ccccc1-c1ccco1)(C(F)(F)F)C(F)(F)F. The Hall–Kier alpha value is -1.96. The van der Waals surface area contributed by atoms with Gasteiger partial charge < -0.3 is 9.52 Å². The maximum Gasteiger partial charge on any atom is 0.430 e. The lowest BCUT2D eigenvalue weighted by molar-refractivity contribution is -0.376. The van der Waals surface area contributed by atoms with Gasteiger partial charge in [0.25, 0.3) is 5.60 Å². The number of rotatable bonds is 2. The third kappa shape index (κ3) is 2.39. The summed E-state index contributed by atoms with van der Waals surface area (Å²) >= 11 is 0. The summed E-state index contributed by atoms with van der Waals surface area (Å²) in [7, 11) is 0. The molecule has 0 radical (unpaired) electrons. The van der Waals surface area contributed by atoms with Gasteiger partial charge in [0.1, 0.15) is 5.76 Å². The molecule has 1 aromatic heterocycles. The molecule has 0 saturated heterocycles. The quantitative estimate of drug-likeness (QED) is 0.841. The molecule has 0 saturated carbocycles. The van der Waals surface area contributed by atoms with Crippen LogP contribution in [0, 0.1) is 0 Å². The second-order valence-corrected chi connectivity index (χ2v) is 4.23. The average Bonchev–Trinajstić information content (AvgIpc) is 2.88. The highest BCUT2D eigenvalue weighted by Gasteiger charge is 2.72. The van der Waals surface area contributed by atoms with Gasteiger partial charge in [-0.05, 0) is 12.1 Å². The number of aliphatic hydroxyl groups is 1. The van der Waals surface area contributed by atoms with Crippen LogP contribution >= 0.6 is 0 Å². The number of halogens is 6. The Morgan fingerprint density at radius 3 is 1.86 bits per heavy atom. The fraction of sp³-hybridized carbons (Fsp3) is 0.231. The molecular weight excluding hydrogens is 302 g/mol. The summed E-state index contributed by atoms with van der Waals surface area (Å²) in [5.74, 6) is -0.211. The molecule has 0 unspecified atom stereocenters. The highest BCUT2D eigenvalue weighted by atomic mass is 19.4. The molecule has 0 atom stereocenters. The largest absolute Gasteiger partial charge is 0.464 e. The molecule has 0 amide bonds. The van der Waals surface area contributed by atoms with Crippen molar-refractivity contribution in [3.05, 3.63) is 48.2 Å². The van der Waals surface area contributed by atoms with E-state index in [0.717, 1.165) is 18.4 Å². The van der Waals surface area contributed by atoms with Crippen molar-refractivity contribution in [3.63, 3.8) is 0 Å². The maximum absolute atomic E-state index is 12.9. The molecule has 0 aliphatic carbocycles. The van der Waals surface area contributed by atoms with Gasteiger partial charge in [0.05, 0.1) is 6.26 Å². The third-order valence-electron chi connectivity index (χ3n) is 2.92. The number of hydrogen-bond acceptors (Lipinski definition) is 2. The molecule has 114 valence electrons. The van der Waals surface area contributed by atoms with Crippen LogP contribution in [0.15, 0.2) is 47.1 Å². The van der Waals surface area contributed by atoms with E-state index in [1.54, 1.807) is 0 Å². The summed E-state index contributed by atoms with van der Waals surface area (Å²) in [5.41, 5.74) is -6.80. The highest BCUT2D eigenvalue weighted by Crippen LogP contribution is 2.52. The van der Waals surface area contributed by atoms with Crippen LogP contribution in [0.3, 0.4) is 0 Å². The number of hydrogen-bond donors (Lipinski definition) is 1. The van der Waals surface area contributed by atoms with Crippen LogP contribution < -0.4 is 0 Å². The number of furan rings is 1. The summed E-state index contributed by atoms with van der Waals surface area (Å²) in [6, 6.07) is 6.31. The van der Waals surface area contributed by atoms with Crippen molar-refractivity contribution in [2.24, 2.45) is 0 Å². The Labute approximate surface area is 114 Å². The van der Waals surface area contributed by atoms with Crippen LogP contribution in [0.25, 0.3) is 11.3 Å². The second-order valence-electron chi connectivity index (χ2n) is 4.23. The fourth-order valence-corrected chi connectivity index (χ4v) is 1.91. The van der Waals surface area contributed by atoms with Crippen LogP contribution in [0.1, 0.15) is 5.56 Å². The topological polar surface area (TPSA) is 33.4 Å². The average molecular weight is 310 g/mol. The molecule has 2 nitrogen and oxygen atoms in total. The zero-order valence-corrected chi connectivity index (χ0v) is 10.2. The maximum atomic E-state index is 12.9. The van der Waals surface area contributed by atoms with Crippen molar-refractivity contribution in [1.29, 1.82) is 0 Å². The molecule has 2 rings (SSSR count). The van der Waals surface area contributed by atoms with E-state index in [-0.39, 0.29) is 5.76 Å². The zero-order valence-electron chi connectivity index (χ0n) is 10.2. The Morgan fingerprint density at radius 2 is 1.38 bits per heavy atom. The van der Waals surface area contributed by atoms with Crippen LogP contribution in [0.4, 0.5) is 26.3 Å². The van der Waals surface area contributed by atoms with E-state index >= 15 is 0 Å². The van der Waals surface area contributed by atoms with E-state index in [2.05, 4.69) is 0 Å². The normalized spacial score (nSPS) is 13.5. The lowest BCUT2D eigenvalue weighted by Gasteiger charge is -2.33. The van der Waals surface area contributed by atoms with Gasteiger partial charge >= 0.3 is 12.4 Å². The summed E-state index contributed by atoms with van der Waals surface area (Å²) in [4.78, 5) is 0. The molecule has 1 aromatic carbocycles.